The van der Waals surface area contributed by atoms with Crippen molar-refractivity contribution in [2.45, 2.75) is 44.8 Å². The van der Waals surface area contributed by atoms with E-state index in [1.54, 1.807) is 0 Å². The first-order valence-corrected chi connectivity index (χ1v) is 5.96. The molecule has 6 heteroatoms. The highest BCUT2D eigenvalue weighted by molar-refractivity contribution is 5.82. The molecule has 0 radical (unpaired) electrons. The van der Waals surface area contributed by atoms with Crippen LogP contribution in [0, 0.1) is 5.92 Å². The Bertz CT molecular complexity index is 277. The number of nitrogens with one attached hydrogen (secondary N) is 2. The van der Waals surface area contributed by atoms with Gasteiger partial charge in [-0.25, -0.2) is 9.59 Å². The van der Waals surface area contributed by atoms with Crippen LogP contribution in [0.2, 0.25) is 0 Å². The summed E-state index contributed by atoms with van der Waals surface area (Å²) in [4.78, 5) is 22.1. The Kier molecular flexibility index (Phi) is 5.21. The third kappa shape index (κ3) is 4.60. The second-order valence-corrected chi connectivity index (χ2v) is 4.54. The second-order valence-electron chi connectivity index (χ2n) is 4.54. The molecule has 17 heavy (non-hydrogen) atoms. The molecule has 2 atom stereocenters. The third-order valence-electron chi connectivity index (χ3n) is 3.10. The van der Waals surface area contributed by atoms with Gasteiger partial charge < -0.3 is 20.8 Å². The molecule has 2 amide bonds. The first-order valence-electron chi connectivity index (χ1n) is 5.96. The van der Waals surface area contributed by atoms with Gasteiger partial charge in [0.15, 0.2) is 6.04 Å². The van der Waals surface area contributed by atoms with Crippen molar-refractivity contribution in [2.75, 3.05) is 6.54 Å². The van der Waals surface area contributed by atoms with Gasteiger partial charge in [0.2, 0.25) is 0 Å². The van der Waals surface area contributed by atoms with Crippen molar-refractivity contribution in [3.63, 3.8) is 0 Å². The summed E-state index contributed by atoms with van der Waals surface area (Å²) in [6.07, 6.45) is 3.51. The largest absolute Gasteiger partial charge is 0.480 e. The number of carboxylic acid groups (broad SMARTS) is 1. The Morgan fingerprint density at radius 1 is 1.41 bits per heavy atom. The molecule has 0 aromatic rings. The normalized spacial score (nSPS) is 18.9. The van der Waals surface area contributed by atoms with Crippen molar-refractivity contribution in [3.05, 3.63) is 0 Å². The molecule has 1 fully saturated rings. The van der Waals surface area contributed by atoms with Gasteiger partial charge in [0.05, 0.1) is 6.10 Å². The number of aliphatic hydroxyl groups is 1. The molecule has 0 aliphatic heterocycles. The zero-order valence-corrected chi connectivity index (χ0v) is 9.98. The number of hydrogen-bond donors (Lipinski definition) is 4. The van der Waals surface area contributed by atoms with E-state index >= 15 is 0 Å². The molecule has 0 aromatic carbocycles. The maximum Gasteiger partial charge on any atom is 0.328 e. The van der Waals surface area contributed by atoms with Gasteiger partial charge in [-0.05, 0) is 19.3 Å². The predicted octanol–water partition coefficient (Wildman–Crippen LogP) is 0.310. The molecule has 0 bridgehead atoms. The van der Waals surface area contributed by atoms with E-state index in [9.17, 15) is 9.59 Å². The van der Waals surface area contributed by atoms with E-state index < -0.39 is 24.1 Å². The summed E-state index contributed by atoms with van der Waals surface area (Å²) in [5.41, 5.74) is 0. The number of carbonyl (C=O) groups excluding carboxylic acids is 1. The number of hydrogen-bond acceptors (Lipinski definition) is 3. The van der Waals surface area contributed by atoms with Crippen LogP contribution in [0.3, 0.4) is 0 Å². The minimum absolute atomic E-state index is 0.544. The molecule has 0 spiro atoms. The van der Waals surface area contributed by atoms with E-state index in [1.165, 1.54) is 26.2 Å². The first kappa shape index (κ1) is 13.8. The number of amides is 2. The third-order valence-corrected chi connectivity index (χ3v) is 3.10. The molecule has 0 saturated heterocycles. The Morgan fingerprint density at radius 3 is 2.47 bits per heavy atom. The molecule has 1 saturated carbocycles. The van der Waals surface area contributed by atoms with Gasteiger partial charge in [-0.1, -0.05) is 19.3 Å². The summed E-state index contributed by atoms with van der Waals surface area (Å²) in [7, 11) is 0. The predicted molar refractivity (Wildman–Crippen MR) is 61.6 cm³/mol. The Hall–Kier alpha value is -1.30. The lowest BCUT2D eigenvalue weighted by atomic mass is 9.83. The smallest absolute Gasteiger partial charge is 0.328 e. The topological polar surface area (TPSA) is 98.7 Å². The van der Waals surface area contributed by atoms with Crippen LogP contribution in [0.4, 0.5) is 4.79 Å². The van der Waals surface area contributed by atoms with E-state index in [0.717, 1.165) is 6.42 Å². The molecule has 98 valence electrons. The molecule has 4 N–H and O–H groups in total. The van der Waals surface area contributed by atoms with E-state index in [2.05, 4.69) is 10.6 Å². The highest BCUT2D eigenvalue weighted by Crippen LogP contribution is 2.28. The van der Waals surface area contributed by atoms with Crippen molar-refractivity contribution < 1.29 is 19.8 Å². The molecule has 0 aromatic heterocycles. The fourth-order valence-electron chi connectivity index (χ4n) is 1.75. The van der Waals surface area contributed by atoms with Crippen LogP contribution < -0.4 is 10.6 Å². The van der Waals surface area contributed by atoms with E-state index in [4.69, 9.17) is 10.2 Å². The van der Waals surface area contributed by atoms with Crippen LogP contribution in [0.25, 0.3) is 0 Å². The number of carboxylic acids is 1. The van der Waals surface area contributed by atoms with Gasteiger partial charge >= 0.3 is 12.0 Å². The monoisotopic (exact) mass is 244 g/mol. The van der Waals surface area contributed by atoms with Crippen molar-refractivity contribution in [2.24, 2.45) is 5.92 Å². The maximum atomic E-state index is 11.4. The molecule has 0 unspecified atom stereocenters. The summed E-state index contributed by atoms with van der Waals surface area (Å²) < 4.78 is 0. The Labute approximate surface area is 100 Å². The number of urea groups is 1. The van der Waals surface area contributed by atoms with E-state index in [-0.39, 0.29) is 0 Å². The maximum absolute atomic E-state index is 11.4. The minimum atomic E-state index is -1.27. The molecule has 1 rings (SSSR count). The zero-order chi connectivity index (χ0) is 12.8. The lowest BCUT2D eigenvalue weighted by Crippen LogP contribution is -2.51. The van der Waals surface area contributed by atoms with Gasteiger partial charge in [0.25, 0.3) is 0 Å². The average Bonchev–Trinajstić information content (AvgIpc) is 2.17. The van der Waals surface area contributed by atoms with Gasteiger partial charge in [-0.2, -0.15) is 0 Å². The second kappa shape index (κ2) is 6.44. The average molecular weight is 244 g/mol. The van der Waals surface area contributed by atoms with Crippen LogP contribution in [-0.4, -0.2) is 40.9 Å². The van der Waals surface area contributed by atoms with Crippen molar-refractivity contribution in [1.82, 2.24) is 10.6 Å². The first-order chi connectivity index (χ1) is 8.00. The van der Waals surface area contributed by atoms with Gasteiger partial charge in [0, 0.05) is 6.54 Å². The fourth-order valence-corrected chi connectivity index (χ4v) is 1.75. The summed E-state index contributed by atoms with van der Waals surface area (Å²) in [5.74, 6) is -0.545. The SMILES string of the molecule is C[C@@H](O)[C@H](NC(=O)NCCC1CCC1)C(=O)O. The minimum Gasteiger partial charge on any atom is -0.480 e. The number of aliphatic carboxylic acids is 1. The Morgan fingerprint density at radius 2 is 2.06 bits per heavy atom. The van der Waals surface area contributed by atoms with E-state index in [0.29, 0.717) is 12.5 Å². The number of aliphatic hydroxyl groups excluding tert-OH is 1. The summed E-state index contributed by atoms with van der Waals surface area (Å²) >= 11 is 0. The lowest BCUT2D eigenvalue weighted by molar-refractivity contribution is -0.141. The summed E-state index contributed by atoms with van der Waals surface area (Å²) in [6, 6.07) is -1.81. The molecule has 1 aliphatic rings. The van der Waals surface area contributed by atoms with Crippen molar-refractivity contribution in [3.8, 4) is 0 Å². The number of rotatable bonds is 6. The molecule has 6 nitrogen and oxygen atoms in total. The van der Waals surface area contributed by atoms with Crippen molar-refractivity contribution in [1.29, 1.82) is 0 Å². The van der Waals surface area contributed by atoms with Crippen LogP contribution in [0.15, 0.2) is 0 Å². The van der Waals surface area contributed by atoms with Crippen LogP contribution in [0.5, 0.6) is 0 Å². The van der Waals surface area contributed by atoms with Gasteiger partial charge in [-0.15, -0.1) is 0 Å². The highest BCUT2D eigenvalue weighted by atomic mass is 16.4. The number of carbonyl (C=O) groups is 2. The van der Waals surface area contributed by atoms with Crippen molar-refractivity contribution >= 4 is 12.0 Å². The Balaban J connectivity index is 2.19. The molecule has 0 heterocycles. The van der Waals surface area contributed by atoms with Gasteiger partial charge in [-0.3, -0.25) is 0 Å². The van der Waals surface area contributed by atoms with E-state index in [1.807, 2.05) is 0 Å². The van der Waals surface area contributed by atoms with Gasteiger partial charge in [0.1, 0.15) is 0 Å². The summed E-state index contributed by atoms with van der Waals surface area (Å²) in [6.45, 7) is 1.87. The standard InChI is InChI=1S/C11H20N2O4/c1-7(14)9(10(15)16)13-11(17)12-6-5-8-3-2-4-8/h7-9,14H,2-6H2,1H3,(H,15,16)(H2,12,13,17)/t7-,9+/m1/s1. The quantitative estimate of drug-likeness (QED) is 0.540. The zero-order valence-electron chi connectivity index (χ0n) is 9.98. The fraction of sp³-hybridized carbons (Fsp3) is 0.818. The molecular formula is C11H20N2O4. The summed E-state index contributed by atoms with van der Waals surface area (Å²) in [5, 5.41) is 22.7. The highest BCUT2D eigenvalue weighted by Gasteiger charge is 2.25. The molecular weight excluding hydrogens is 224 g/mol. The van der Waals surface area contributed by atoms with Crippen LogP contribution in [0.1, 0.15) is 32.6 Å². The molecule has 1 aliphatic carbocycles. The lowest BCUT2D eigenvalue weighted by Gasteiger charge is -2.25. The van der Waals surface area contributed by atoms with Crippen LogP contribution >= 0.6 is 0 Å². The van der Waals surface area contributed by atoms with Crippen LogP contribution in [-0.2, 0) is 4.79 Å².